The number of urea groups is 1. The van der Waals surface area contributed by atoms with Crippen molar-refractivity contribution < 1.29 is 37.0 Å². The largest absolute Gasteiger partial charge is 0.573 e. The first-order valence-corrected chi connectivity index (χ1v) is 15.0. The van der Waals surface area contributed by atoms with Crippen molar-refractivity contribution in [2.75, 3.05) is 40.3 Å². The van der Waals surface area contributed by atoms with Crippen LogP contribution in [0.4, 0.5) is 18.0 Å². The van der Waals surface area contributed by atoms with Crippen LogP contribution >= 0.6 is 0 Å². The Balaban J connectivity index is 1.56. The average molecular weight is 621 g/mol. The third kappa shape index (κ3) is 8.64. The first kappa shape index (κ1) is 34.7. The van der Waals surface area contributed by atoms with Gasteiger partial charge in [-0.3, -0.25) is 9.59 Å². The van der Waals surface area contributed by atoms with Gasteiger partial charge in [-0.1, -0.05) is 26.0 Å². The summed E-state index contributed by atoms with van der Waals surface area (Å²) in [4.78, 5) is 44.1. The number of β-lactam (4-membered cyclic amide) rings is 1. The van der Waals surface area contributed by atoms with Gasteiger partial charge in [-0.05, 0) is 95.1 Å². The van der Waals surface area contributed by atoms with Crippen molar-refractivity contribution in [2.45, 2.75) is 65.5 Å². The second-order valence-corrected chi connectivity index (χ2v) is 11.1. The molecule has 0 spiro atoms. The molecule has 0 unspecified atom stereocenters. The van der Waals surface area contributed by atoms with Gasteiger partial charge in [-0.25, -0.2) is 9.69 Å². The Kier molecular flexibility index (Phi) is 12.0. The van der Waals surface area contributed by atoms with E-state index in [0.717, 1.165) is 17.0 Å². The molecule has 1 aliphatic rings. The predicted octanol–water partition coefficient (Wildman–Crippen LogP) is 5.69. The fourth-order valence-corrected chi connectivity index (χ4v) is 5.20. The Morgan fingerprint density at radius 2 is 1.55 bits per heavy atom. The molecule has 9 nitrogen and oxygen atoms in total. The van der Waals surface area contributed by atoms with Crippen molar-refractivity contribution >= 4 is 17.8 Å². The molecular formula is C32H43F3N4O5. The molecule has 12 heteroatoms. The van der Waals surface area contributed by atoms with E-state index in [9.17, 15) is 27.6 Å². The van der Waals surface area contributed by atoms with Crippen LogP contribution in [0.3, 0.4) is 0 Å². The average Bonchev–Trinajstić information content (AvgIpc) is 2.98. The van der Waals surface area contributed by atoms with E-state index in [1.54, 1.807) is 41.3 Å². The van der Waals surface area contributed by atoms with Gasteiger partial charge in [0.2, 0.25) is 5.91 Å². The second-order valence-electron chi connectivity index (χ2n) is 11.1. The number of carbonyl (C=O) groups excluding carboxylic acids is 3. The predicted molar refractivity (Wildman–Crippen MR) is 160 cm³/mol. The first-order chi connectivity index (χ1) is 20.8. The molecule has 0 radical (unpaired) electrons. The van der Waals surface area contributed by atoms with Crippen molar-refractivity contribution in [3.05, 3.63) is 59.7 Å². The van der Waals surface area contributed by atoms with Gasteiger partial charge >= 0.3 is 12.4 Å². The lowest BCUT2D eigenvalue weighted by atomic mass is 9.72. The van der Waals surface area contributed by atoms with Crippen molar-refractivity contribution in [3.8, 4) is 11.5 Å². The summed E-state index contributed by atoms with van der Waals surface area (Å²) in [5.41, 5.74) is 0.538. The summed E-state index contributed by atoms with van der Waals surface area (Å²) in [6, 6.07) is 11.9. The summed E-state index contributed by atoms with van der Waals surface area (Å²) in [6.45, 7) is 7.98. The third-order valence-corrected chi connectivity index (χ3v) is 7.99. The maximum Gasteiger partial charge on any atom is 0.573 e. The zero-order chi connectivity index (χ0) is 32.5. The van der Waals surface area contributed by atoms with E-state index >= 15 is 0 Å². The number of benzene rings is 2. The number of hydrogen-bond donors (Lipinski definition) is 1. The molecule has 1 fully saturated rings. The minimum absolute atomic E-state index is 0.0790. The van der Waals surface area contributed by atoms with E-state index in [1.807, 2.05) is 39.8 Å². The Morgan fingerprint density at radius 1 is 0.932 bits per heavy atom. The van der Waals surface area contributed by atoms with Crippen LogP contribution in [-0.4, -0.2) is 85.4 Å². The molecule has 1 aliphatic heterocycles. The number of ether oxygens (including phenoxy) is 2. The zero-order valence-corrected chi connectivity index (χ0v) is 26.1. The summed E-state index contributed by atoms with van der Waals surface area (Å²) >= 11 is 0. The van der Waals surface area contributed by atoms with Gasteiger partial charge in [0.15, 0.2) is 6.23 Å². The number of alkyl halides is 3. The number of imide groups is 1. The molecule has 1 saturated heterocycles. The van der Waals surface area contributed by atoms with Crippen LogP contribution in [0.1, 0.15) is 62.4 Å². The van der Waals surface area contributed by atoms with Crippen LogP contribution in [0.15, 0.2) is 48.5 Å². The minimum atomic E-state index is -4.73. The van der Waals surface area contributed by atoms with Crippen molar-refractivity contribution in [1.29, 1.82) is 0 Å². The Bertz CT molecular complexity index is 1250. The molecule has 1 N–H and O–H groups in total. The van der Waals surface area contributed by atoms with Gasteiger partial charge in [0.1, 0.15) is 16.9 Å². The molecule has 0 bridgehead atoms. The number of rotatable bonds is 15. The number of likely N-dealkylation sites (N-methyl/N-ethyl adjacent to an activating group) is 2. The molecule has 44 heavy (non-hydrogen) atoms. The first-order valence-electron chi connectivity index (χ1n) is 15.0. The van der Waals surface area contributed by atoms with Gasteiger partial charge in [0.25, 0.3) is 5.91 Å². The number of aryl methyl sites for hydroxylation is 1. The molecule has 3 rings (SSSR count). The van der Waals surface area contributed by atoms with Crippen LogP contribution in [0.25, 0.3) is 0 Å². The van der Waals surface area contributed by atoms with Crippen molar-refractivity contribution in [3.63, 3.8) is 0 Å². The summed E-state index contributed by atoms with van der Waals surface area (Å²) < 4.78 is 47.1. The Labute approximate surface area is 257 Å². The van der Waals surface area contributed by atoms with Gasteiger partial charge in [-0.15, -0.1) is 13.2 Å². The van der Waals surface area contributed by atoms with Crippen LogP contribution < -0.4 is 14.8 Å². The topological polar surface area (TPSA) is 91.4 Å². The molecule has 242 valence electrons. The number of nitrogens with one attached hydrogen (secondary N) is 1. The normalized spacial score (nSPS) is 16.0. The monoisotopic (exact) mass is 620 g/mol. The maximum atomic E-state index is 13.2. The number of amides is 4. The lowest BCUT2D eigenvalue weighted by Gasteiger charge is -2.53. The molecule has 4 amide bonds. The standard InChI is InChI=1S/C32H43F3N4O5/c1-6-31(7-2)28(41)39(30(42)36-20-10-9-11-23-12-16-26(17-13-23)44-32(33,34)35)29(31)43-25-18-14-24(15-19-25)27(40)38(8-3)22-21-37(4)5/h12-19,29H,6-11,20-22H2,1-5H3,(H,36,42)/t29-/m0/s1. The molecule has 1 heterocycles. The highest BCUT2D eigenvalue weighted by molar-refractivity contribution is 6.03. The quantitative estimate of drug-likeness (QED) is 0.203. The number of likely N-dealkylation sites (tertiary alicyclic amines) is 1. The Morgan fingerprint density at radius 3 is 2.09 bits per heavy atom. The van der Waals surface area contributed by atoms with E-state index < -0.39 is 24.0 Å². The second kappa shape index (κ2) is 15.3. The highest BCUT2D eigenvalue weighted by Gasteiger charge is 2.62. The minimum Gasteiger partial charge on any atom is -0.469 e. The van der Waals surface area contributed by atoms with Crippen molar-refractivity contribution in [1.82, 2.24) is 20.0 Å². The van der Waals surface area contributed by atoms with Crippen LogP contribution in [0.2, 0.25) is 0 Å². The van der Waals surface area contributed by atoms with E-state index in [0.29, 0.717) is 63.1 Å². The molecule has 1 atom stereocenters. The fraction of sp³-hybridized carbons (Fsp3) is 0.531. The summed E-state index contributed by atoms with van der Waals surface area (Å²) in [6.07, 6.45) is -2.65. The summed E-state index contributed by atoms with van der Waals surface area (Å²) in [7, 11) is 3.91. The highest BCUT2D eigenvalue weighted by Crippen LogP contribution is 2.46. The number of hydrogen-bond acceptors (Lipinski definition) is 6. The fourth-order valence-electron chi connectivity index (χ4n) is 5.20. The molecule has 0 aromatic heterocycles. The van der Waals surface area contributed by atoms with E-state index in [4.69, 9.17) is 4.74 Å². The van der Waals surface area contributed by atoms with Gasteiger partial charge < -0.3 is 24.6 Å². The Hall–Kier alpha value is -3.80. The molecule has 2 aromatic rings. The van der Waals surface area contributed by atoms with E-state index in [-0.39, 0.29) is 17.6 Å². The van der Waals surface area contributed by atoms with Crippen LogP contribution in [0, 0.1) is 5.41 Å². The highest BCUT2D eigenvalue weighted by atomic mass is 19.4. The van der Waals surface area contributed by atoms with Gasteiger partial charge in [0, 0.05) is 31.7 Å². The molecule has 0 aliphatic carbocycles. The molecule has 2 aromatic carbocycles. The van der Waals surface area contributed by atoms with Gasteiger partial charge in [0.05, 0.1) is 0 Å². The number of nitrogens with zero attached hydrogens (tertiary/aromatic N) is 3. The van der Waals surface area contributed by atoms with Crippen LogP contribution in [-0.2, 0) is 11.2 Å². The molecule has 0 saturated carbocycles. The summed E-state index contributed by atoms with van der Waals surface area (Å²) in [5.74, 6) is -0.198. The lowest BCUT2D eigenvalue weighted by molar-refractivity contribution is -0.274. The zero-order valence-electron chi connectivity index (χ0n) is 26.1. The third-order valence-electron chi connectivity index (χ3n) is 7.99. The summed E-state index contributed by atoms with van der Waals surface area (Å²) in [5, 5.41) is 2.79. The maximum absolute atomic E-state index is 13.2. The van der Waals surface area contributed by atoms with Crippen LogP contribution in [0.5, 0.6) is 11.5 Å². The molecular weight excluding hydrogens is 577 g/mol. The number of halogens is 3. The number of unbranched alkanes of at least 4 members (excludes halogenated alkanes) is 1. The van der Waals surface area contributed by atoms with Gasteiger partial charge in [-0.2, -0.15) is 0 Å². The number of carbonyl (C=O) groups is 3. The van der Waals surface area contributed by atoms with Crippen molar-refractivity contribution in [2.24, 2.45) is 5.41 Å². The smallest absolute Gasteiger partial charge is 0.469 e. The lowest BCUT2D eigenvalue weighted by Crippen LogP contribution is -2.73. The van der Waals surface area contributed by atoms with E-state index in [2.05, 4.69) is 10.1 Å². The van der Waals surface area contributed by atoms with E-state index in [1.165, 1.54) is 12.1 Å². The SMILES string of the molecule is CCN(CCN(C)C)C(=O)c1ccc(O[C@@H]2N(C(=O)NCCCCc3ccc(OC(F)(F)F)cc3)C(=O)C2(CC)CC)cc1.